The first kappa shape index (κ1) is 10.9. The average Bonchev–Trinajstić information content (AvgIpc) is 2.77. The zero-order valence-electron chi connectivity index (χ0n) is 9.40. The Morgan fingerprint density at radius 1 is 1.12 bits per heavy atom. The predicted molar refractivity (Wildman–Crippen MR) is 56.4 cm³/mol. The Morgan fingerprint density at radius 2 is 1.69 bits per heavy atom. The summed E-state index contributed by atoms with van der Waals surface area (Å²) in [4.78, 5) is 37.3. The molecule has 1 aliphatic heterocycles. The summed E-state index contributed by atoms with van der Waals surface area (Å²) in [7, 11) is 2.83. The summed E-state index contributed by atoms with van der Waals surface area (Å²) in [6.45, 7) is 0. The number of rotatable bonds is 1. The van der Waals surface area contributed by atoms with Crippen molar-refractivity contribution >= 4 is 17.8 Å². The van der Waals surface area contributed by atoms with Crippen molar-refractivity contribution in [2.45, 2.75) is 19.3 Å². The number of carbonyl (C=O) groups excluding carboxylic acids is 3. The second-order valence-corrected chi connectivity index (χ2v) is 4.18. The summed E-state index contributed by atoms with van der Waals surface area (Å²) >= 11 is 0. The molecule has 0 bridgehead atoms. The van der Waals surface area contributed by atoms with Gasteiger partial charge in [-0.1, -0.05) is 11.6 Å². The molecule has 0 aromatic carbocycles. The molecule has 0 unspecified atom stereocenters. The molecule has 0 spiro atoms. The first-order valence-corrected chi connectivity index (χ1v) is 5.32. The van der Waals surface area contributed by atoms with E-state index in [1.54, 1.807) is 0 Å². The fourth-order valence-electron chi connectivity index (χ4n) is 2.18. The van der Waals surface area contributed by atoms with Crippen LogP contribution in [0.1, 0.15) is 19.3 Å². The Labute approximate surface area is 93.7 Å². The fraction of sp³-hybridized carbons (Fsp3) is 0.545. The topological polar surface area (TPSA) is 57.7 Å². The number of allylic oxidation sites excluding steroid dienone is 1. The van der Waals surface area contributed by atoms with Gasteiger partial charge >= 0.3 is 6.03 Å². The third-order valence-corrected chi connectivity index (χ3v) is 3.18. The molecule has 0 saturated carbocycles. The Kier molecular flexibility index (Phi) is 2.53. The van der Waals surface area contributed by atoms with Gasteiger partial charge in [0, 0.05) is 14.1 Å². The van der Waals surface area contributed by atoms with Gasteiger partial charge in [-0.2, -0.15) is 0 Å². The number of hydrogen-bond donors (Lipinski definition) is 0. The smallest absolute Gasteiger partial charge is 0.273 e. The lowest BCUT2D eigenvalue weighted by Gasteiger charge is -2.33. The van der Waals surface area contributed by atoms with Crippen LogP contribution in [-0.4, -0.2) is 41.7 Å². The Morgan fingerprint density at radius 3 is 2.12 bits per heavy atom. The number of imide groups is 2. The molecule has 5 heteroatoms. The van der Waals surface area contributed by atoms with Crippen LogP contribution >= 0.6 is 0 Å². The van der Waals surface area contributed by atoms with Crippen LogP contribution in [0, 0.1) is 5.92 Å². The summed E-state index contributed by atoms with van der Waals surface area (Å²) in [6.07, 6.45) is 4.61. The first-order chi connectivity index (χ1) is 7.54. The van der Waals surface area contributed by atoms with Gasteiger partial charge in [0.25, 0.3) is 0 Å². The van der Waals surface area contributed by atoms with Crippen molar-refractivity contribution in [3.05, 3.63) is 11.6 Å². The van der Waals surface area contributed by atoms with Gasteiger partial charge in [0.15, 0.2) is 0 Å². The third kappa shape index (κ3) is 1.43. The molecule has 5 nitrogen and oxygen atoms in total. The van der Waals surface area contributed by atoms with Crippen LogP contribution in [0.25, 0.3) is 0 Å². The van der Waals surface area contributed by atoms with Crippen LogP contribution in [0.5, 0.6) is 0 Å². The maximum Gasteiger partial charge on any atom is 0.332 e. The molecule has 86 valence electrons. The predicted octanol–water partition coefficient (Wildman–Crippen LogP) is 0.763. The number of amides is 4. The van der Waals surface area contributed by atoms with Crippen molar-refractivity contribution < 1.29 is 14.4 Å². The van der Waals surface area contributed by atoms with Crippen molar-refractivity contribution in [1.29, 1.82) is 0 Å². The Hall–Kier alpha value is -1.65. The highest BCUT2D eigenvalue weighted by Crippen LogP contribution is 2.30. The molecule has 0 aromatic heterocycles. The summed E-state index contributed by atoms with van der Waals surface area (Å²) in [5.74, 6) is -1.57. The summed E-state index contributed by atoms with van der Waals surface area (Å²) in [6, 6.07) is -0.551. The van der Waals surface area contributed by atoms with Crippen LogP contribution in [0.15, 0.2) is 11.6 Å². The SMILES string of the molecule is CN1C(=O)C(C2=CCCC2)C(=O)N(C)C1=O. The summed E-state index contributed by atoms with van der Waals surface area (Å²) in [5.41, 5.74) is 0.862. The van der Waals surface area contributed by atoms with E-state index in [4.69, 9.17) is 0 Å². The molecular formula is C11H14N2O3. The number of urea groups is 1. The molecule has 2 aliphatic rings. The van der Waals surface area contributed by atoms with Crippen molar-refractivity contribution in [2.75, 3.05) is 14.1 Å². The molecule has 2 rings (SSSR count). The normalized spacial score (nSPS) is 23.1. The number of nitrogens with zero attached hydrogens (tertiary/aromatic N) is 2. The number of carbonyl (C=O) groups is 3. The van der Waals surface area contributed by atoms with E-state index < -0.39 is 23.8 Å². The molecule has 1 saturated heterocycles. The minimum atomic E-state index is -0.768. The number of hydrogen-bond acceptors (Lipinski definition) is 3. The van der Waals surface area contributed by atoms with Gasteiger partial charge in [-0.05, 0) is 19.3 Å². The van der Waals surface area contributed by atoms with Crippen molar-refractivity contribution in [3.8, 4) is 0 Å². The molecule has 0 radical (unpaired) electrons. The van der Waals surface area contributed by atoms with Gasteiger partial charge < -0.3 is 0 Å². The van der Waals surface area contributed by atoms with Crippen LogP contribution in [0.4, 0.5) is 4.79 Å². The molecule has 16 heavy (non-hydrogen) atoms. The molecule has 0 atom stereocenters. The zero-order valence-corrected chi connectivity index (χ0v) is 9.40. The Balaban J connectivity index is 2.33. The quantitative estimate of drug-likeness (QED) is 0.486. The fourth-order valence-corrected chi connectivity index (χ4v) is 2.18. The molecule has 1 heterocycles. The third-order valence-electron chi connectivity index (χ3n) is 3.18. The highest BCUT2D eigenvalue weighted by atomic mass is 16.2. The van der Waals surface area contributed by atoms with Gasteiger partial charge in [0.05, 0.1) is 0 Å². The van der Waals surface area contributed by atoms with Crippen molar-refractivity contribution in [2.24, 2.45) is 5.92 Å². The number of barbiturate groups is 1. The van der Waals surface area contributed by atoms with E-state index in [0.717, 1.165) is 34.6 Å². The average molecular weight is 222 g/mol. The van der Waals surface area contributed by atoms with Gasteiger partial charge in [-0.25, -0.2) is 4.79 Å². The summed E-state index contributed by atoms with van der Waals surface area (Å²) < 4.78 is 0. The van der Waals surface area contributed by atoms with E-state index in [9.17, 15) is 14.4 Å². The van der Waals surface area contributed by atoms with Crippen molar-refractivity contribution in [3.63, 3.8) is 0 Å². The van der Waals surface area contributed by atoms with Gasteiger partial charge in [0.1, 0.15) is 5.92 Å². The van der Waals surface area contributed by atoms with E-state index in [0.29, 0.717) is 0 Å². The maximum atomic E-state index is 11.9. The van der Waals surface area contributed by atoms with Gasteiger partial charge in [-0.3, -0.25) is 19.4 Å². The molecular weight excluding hydrogens is 208 g/mol. The van der Waals surface area contributed by atoms with Gasteiger partial charge in [-0.15, -0.1) is 0 Å². The molecule has 1 fully saturated rings. The lowest BCUT2D eigenvalue weighted by Crippen LogP contribution is -2.57. The standard InChI is InChI=1S/C11H14N2O3/c1-12-9(14)8(7-5-3-4-6-7)10(15)13(2)11(12)16/h5,8H,3-4,6H2,1-2H3. The molecule has 1 aliphatic carbocycles. The largest absolute Gasteiger partial charge is 0.332 e. The van der Waals surface area contributed by atoms with E-state index in [-0.39, 0.29) is 0 Å². The van der Waals surface area contributed by atoms with Crippen LogP contribution in [0.2, 0.25) is 0 Å². The van der Waals surface area contributed by atoms with E-state index in [1.165, 1.54) is 14.1 Å². The van der Waals surface area contributed by atoms with E-state index >= 15 is 0 Å². The molecule has 0 N–H and O–H groups in total. The van der Waals surface area contributed by atoms with Gasteiger partial charge in [0.2, 0.25) is 11.8 Å². The van der Waals surface area contributed by atoms with E-state index in [2.05, 4.69) is 0 Å². The van der Waals surface area contributed by atoms with Crippen LogP contribution < -0.4 is 0 Å². The van der Waals surface area contributed by atoms with E-state index in [1.807, 2.05) is 6.08 Å². The highest BCUT2D eigenvalue weighted by Gasteiger charge is 2.44. The molecule has 4 amide bonds. The monoisotopic (exact) mass is 222 g/mol. The lowest BCUT2D eigenvalue weighted by atomic mass is 9.94. The Bertz CT molecular complexity index is 376. The molecule has 0 aromatic rings. The highest BCUT2D eigenvalue weighted by molar-refractivity contribution is 6.17. The first-order valence-electron chi connectivity index (χ1n) is 5.32. The minimum Gasteiger partial charge on any atom is -0.273 e. The lowest BCUT2D eigenvalue weighted by molar-refractivity contribution is -0.145. The van der Waals surface area contributed by atoms with Crippen LogP contribution in [-0.2, 0) is 9.59 Å². The summed E-state index contributed by atoms with van der Waals surface area (Å²) in [5, 5.41) is 0. The zero-order chi connectivity index (χ0) is 11.9. The van der Waals surface area contributed by atoms with Crippen LogP contribution in [0.3, 0.4) is 0 Å². The van der Waals surface area contributed by atoms with Crippen molar-refractivity contribution in [1.82, 2.24) is 9.80 Å². The minimum absolute atomic E-state index is 0.402. The maximum absolute atomic E-state index is 11.9. The second-order valence-electron chi connectivity index (χ2n) is 4.18. The second kappa shape index (κ2) is 3.73.